The van der Waals surface area contributed by atoms with Gasteiger partial charge in [0, 0.05) is 0 Å². The lowest BCUT2D eigenvalue weighted by Gasteiger charge is -2.25. The highest BCUT2D eigenvalue weighted by molar-refractivity contribution is 9.09. The predicted molar refractivity (Wildman–Crippen MR) is 64.9 cm³/mol. The van der Waals surface area contributed by atoms with Gasteiger partial charge in [0.1, 0.15) is 10.6 Å². The molecular formula is C12H12BrF5O. The lowest BCUT2D eigenvalue weighted by Crippen LogP contribution is -2.39. The molecule has 19 heavy (non-hydrogen) atoms. The normalized spacial score (nSPS) is 14.6. The van der Waals surface area contributed by atoms with Crippen LogP contribution < -0.4 is 4.74 Å². The molecule has 0 fully saturated rings. The second-order valence-corrected chi connectivity index (χ2v) is 5.13. The molecule has 0 amide bonds. The van der Waals surface area contributed by atoms with Gasteiger partial charge >= 0.3 is 12.1 Å². The fourth-order valence-corrected chi connectivity index (χ4v) is 1.91. The molecule has 7 heteroatoms. The molecule has 1 atom stereocenters. The van der Waals surface area contributed by atoms with Crippen LogP contribution in [0.15, 0.2) is 24.3 Å². The van der Waals surface area contributed by atoms with Gasteiger partial charge in [-0.05, 0) is 31.5 Å². The Bertz CT molecular complexity index is 413. The summed E-state index contributed by atoms with van der Waals surface area (Å²) >= 11 is 2.41. The summed E-state index contributed by atoms with van der Waals surface area (Å²) in [5.74, 6) is -4.43. The zero-order valence-corrected chi connectivity index (χ0v) is 11.7. The fraction of sp³-hybridized carbons (Fsp3) is 0.500. The number of alkyl halides is 6. The van der Waals surface area contributed by atoms with E-state index >= 15 is 0 Å². The zero-order valence-electron chi connectivity index (χ0n) is 10.1. The van der Waals surface area contributed by atoms with E-state index < -0.39 is 16.9 Å². The molecule has 0 aliphatic heterocycles. The van der Waals surface area contributed by atoms with E-state index in [1.54, 1.807) is 13.8 Å². The first-order chi connectivity index (χ1) is 8.55. The molecule has 0 bridgehead atoms. The lowest BCUT2D eigenvalue weighted by atomic mass is 10.1. The van der Waals surface area contributed by atoms with Crippen molar-refractivity contribution >= 4 is 15.9 Å². The van der Waals surface area contributed by atoms with Crippen LogP contribution in [0, 0.1) is 0 Å². The molecule has 0 aliphatic carbocycles. The van der Waals surface area contributed by atoms with Crippen LogP contribution in [0.4, 0.5) is 22.0 Å². The maximum absolute atomic E-state index is 13.1. The molecule has 0 spiro atoms. The van der Waals surface area contributed by atoms with Crippen LogP contribution in [0.5, 0.6) is 5.75 Å². The van der Waals surface area contributed by atoms with Crippen molar-refractivity contribution < 1.29 is 26.7 Å². The van der Waals surface area contributed by atoms with Gasteiger partial charge in [-0.3, -0.25) is 0 Å². The summed E-state index contributed by atoms with van der Waals surface area (Å²) in [6, 6.07) is 5.07. The summed E-state index contributed by atoms with van der Waals surface area (Å²) in [5, 5.41) is 0. The number of hydrogen-bond acceptors (Lipinski definition) is 1. The Labute approximate surface area is 115 Å². The van der Waals surface area contributed by atoms with Gasteiger partial charge in [0.25, 0.3) is 0 Å². The molecule has 0 N–H and O–H groups in total. The predicted octanol–water partition coefficient (Wildman–Crippen LogP) is 5.11. The number of ether oxygens (including phenoxy) is 1. The Morgan fingerprint density at radius 1 is 1.00 bits per heavy atom. The van der Waals surface area contributed by atoms with E-state index in [0.717, 1.165) is 0 Å². The van der Waals surface area contributed by atoms with E-state index in [1.165, 1.54) is 24.3 Å². The van der Waals surface area contributed by atoms with Crippen molar-refractivity contribution in [1.29, 1.82) is 0 Å². The van der Waals surface area contributed by atoms with Gasteiger partial charge < -0.3 is 4.74 Å². The Hall–Kier alpha value is -0.850. The second kappa shape index (κ2) is 5.64. The van der Waals surface area contributed by atoms with Crippen LogP contribution in [0.3, 0.4) is 0 Å². The standard InChI is InChI=1S/C12H12BrF5O/c1-7(2)19-9-5-3-8(4-6-9)10(13)11(14,15)12(16,17)18/h3-7,10H,1-2H3. The fourth-order valence-electron chi connectivity index (χ4n) is 1.34. The van der Waals surface area contributed by atoms with Gasteiger partial charge in [0.05, 0.1) is 6.10 Å². The average molecular weight is 347 g/mol. The van der Waals surface area contributed by atoms with Crippen molar-refractivity contribution in [2.75, 3.05) is 0 Å². The Balaban J connectivity index is 2.92. The van der Waals surface area contributed by atoms with Gasteiger partial charge in [-0.15, -0.1) is 0 Å². The summed E-state index contributed by atoms with van der Waals surface area (Å²) in [5.41, 5.74) is -0.168. The third-order valence-electron chi connectivity index (χ3n) is 2.24. The number of rotatable bonds is 4. The number of benzene rings is 1. The summed E-state index contributed by atoms with van der Waals surface area (Å²) < 4.78 is 68.2. The minimum absolute atomic E-state index is 0.109. The average Bonchev–Trinajstić information content (AvgIpc) is 2.26. The third kappa shape index (κ3) is 3.81. The highest BCUT2D eigenvalue weighted by atomic mass is 79.9. The maximum atomic E-state index is 13.1. The first-order valence-corrected chi connectivity index (χ1v) is 6.32. The molecule has 0 heterocycles. The van der Waals surface area contributed by atoms with Crippen LogP contribution in [-0.4, -0.2) is 18.2 Å². The van der Waals surface area contributed by atoms with Gasteiger partial charge in [0.2, 0.25) is 0 Å². The van der Waals surface area contributed by atoms with Gasteiger partial charge in [-0.1, -0.05) is 28.1 Å². The van der Waals surface area contributed by atoms with E-state index in [-0.39, 0.29) is 11.7 Å². The summed E-state index contributed by atoms with van der Waals surface area (Å²) in [6.07, 6.45) is -5.71. The van der Waals surface area contributed by atoms with Crippen molar-refractivity contribution in [1.82, 2.24) is 0 Å². The minimum atomic E-state index is -5.60. The van der Waals surface area contributed by atoms with Gasteiger partial charge in [-0.25, -0.2) is 0 Å². The van der Waals surface area contributed by atoms with E-state index in [4.69, 9.17) is 4.74 Å². The highest BCUT2D eigenvalue weighted by Crippen LogP contribution is 2.48. The molecule has 1 rings (SSSR count). The van der Waals surface area contributed by atoms with Crippen molar-refractivity contribution in [2.45, 2.75) is 36.9 Å². The molecule has 1 unspecified atom stereocenters. The molecule has 1 aromatic carbocycles. The van der Waals surface area contributed by atoms with Crippen LogP contribution >= 0.6 is 15.9 Å². The van der Waals surface area contributed by atoms with E-state index in [9.17, 15) is 22.0 Å². The molecule has 0 aliphatic rings. The minimum Gasteiger partial charge on any atom is -0.491 e. The first kappa shape index (κ1) is 16.2. The molecule has 108 valence electrons. The maximum Gasteiger partial charge on any atom is 0.454 e. The molecule has 0 radical (unpaired) electrons. The second-order valence-electron chi connectivity index (χ2n) is 4.22. The Morgan fingerprint density at radius 2 is 1.47 bits per heavy atom. The van der Waals surface area contributed by atoms with Crippen molar-refractivity contribution in [3.63, 3.8) is 0 Å². The smallest absolute Gasteiger partial charge is 0.454 e. The van der Waals surface area contributed by atoms with Gasteiger partial charge in [-0.2, -0.15) is 22.0 Å². The van der Waals surface area contributed by atoms with Crippen molar-refractivity contribution in [3.05, 3.63) is 29.8 Å². The summed E-state index contributed by atoms with van der Waals surface area (Å²) in [6.45, 7) is 3.55. The van der Waals surface area contributed by atoms with E-state index in [1.807, 2.05) is 0 Å². The van der Waals surface area contributed by atoms with Crippen LogP contribution in [0.1, 0.15) is 24.2 Å². The van der Waals surface area contributed by atoms with Crippen LogP contribution in [0.25, 0.3) is 0 Å². The molecule has 0 saturated carbocycles. The molecule has 1 nitrogen and oxygen atoms in total. The first-order valence-electron chi connectivity index (χ1n) is 5.41. The van der Waals surface area contributed by atoms with Crippen molar-refractivity contribution in [2.24, 2.45) is 0 Å². The molecule has 0 saturated heterocycles. The monoisotopic (exact) mass is 346 g/mol. The van der Waals surface area contributed by atoms with E-state index in [2.05, 4.69) is 15.9 Å². The van der Waals surface area contributed by atoms with Crippen molar-refractivity contribution in [3.8, 4) is 5.75 Å². The van der Waals surface area contributed by atoms with E-state index in [0.29, 0.717) is 5.75 Å². The zero-order chi connectivity index (χ0) is 14.8. The van der Waals surface area contributed by atoms with Gasteiger partial charge in [0.15, 0.2) is 0 Å². The van der Waals surface area contributed by atoms with Crippen LogP contribution in [-0.2, 0) is 0 Å². The Kier molecular flexibility index (Phi) is 4.81. The van der Waals surface area contributed by atoms with Crippen LogP contribution in [0.2, 0.25) is 0 Å². The highest BCUT2D eigenvalue weighted by Gasteiger charge is 2.62. The SMILES string of the molecule is CC(C)Oc1ccc(C(Br)C(F)(F)C(F)(F)F)cc1. The summed E-state index contributed by atoms with van der Waals surface area (Å²) in [4.78, 5) is -2.13. The summed E-state index contributed by atoms with van der Waals surface area (Å²) in [7, 11) is 0. The quantitative estimate of drug-likeness (QED) is 0.543. The lowest BCUT2D eigenvalue weighted by molar-refractivity contribution is -0.281. The molecular weight excluding hydrogens is 335 g/mol. The topological polar surface area (TPSA) is 9.23 Å². The third-order valence-corrected chi connectivity index (χ3v) is 3.34. The molecule has 0 aromatic heterocycles. The molecule has 1 aromatic rings. The Morgan fingerprint density at radius 3 is 1.84 bits per heavy atom. The number of halogens is 6. The largest absolute Gasteiger partial charge is 0.491 e. The number of hydrogen-bond donors (Lipinski definition) is 0.